The SMILES string of the molecule is [2H]c1c([2H])c([2H])c(-c2cnc(-n3c4ccc(C(C)(C)C)cc4c4ccc(Oc5cccc(-c6coc7c8occ[n+]8[c-]n67)c5)cc43)cc2C)c([2H])c1[2H]. The van der Waals surface area contributed by atoms with Crippen molar-refractivity contribution in [2.24, 2.45) is 0 Å². The molecule has 5 heterocycles. The molecule has 0 fully saturated rings. The van der Waals surface area contributed by atoms with Crippen LogP contribution in [0.25, 0.3) is 61.4 Å². The molecule has 9 aromatic rings. The summed E-state index contributed by atoms with van der Waals surface area (Å²) in [6, 6.07) is 20.4. The maximum atomic E-state index is 8.54. The Bertz CT molecular complexity index is 2920. The zero-order valence-electron chi connectivity index (χ0n) is 31.7. The topological polar surface area (TPSA) is 61.8 Å². The van der Waals surface area contributed by atoms with Gasteiger partial charge < -0.3 is 13.6 Å². The molecule has 0 saturated heterocycles. The van der Waals surface area contributed by atoms with Gasteiger partial charge in [-0.1, -0.05) is 69.2 Å². The van der Waals surface area contributed by atoms with E-state index in [0.29, 0.717) is 34.3 Å². The molecule has 0 aliphatic carbocycles. The molecule has 0 aliphatic heterocycles. The van der Waals surface area contributed by atoms with Crippen molar-refractivity contribution < 1.29 is 24.8 Å². The van der Waals surface area contributed by atoms with Gasteiger partial charge in [-0.3, -0.25) is 13.4 Å². The van der Waals surface area contributed by atoms with Crippen LogP contribution in [-0.4, -0.2) is 14.0 Å². The predicted molar refractivity (Wildman–Crippen MR) is 187 cm³/mol. The lowest BCUT2D eigenvalue weighted by molar-refractivity contribution is -0.517. The number of imidazole rings is 1. The van der Waals surface area contributed by atoms with Gasteiger partial charge in [0.2, 0.25) is 0 Å². The number of hydrogen-bond acceptors (Lipinski definition) is 4. The van der Waals surface area contributed by atoms with Gasteiger partial charge in [0.15, 0.2) is 0 Å². The summed E-state index contributed by atoms with van der Waals surface area (Å²) in [7, 11) is 0. The van der Waals surface area contributed by atoms with Crippen molar-refractivity contribution in [2.45, 2.75) is 33.1 Å². The molecule has 0 spiro atoms. The van der Waals surface area contributed by atoms with Crippen molar-refractivity contribution in [1.82, 2.24) is 14.0 Å². The maximum absolute atomic E-state index is 8.54. The maximum Gasteiger partial charge on any atom is 0.279 e. The molecule has 0 atom stereocenters. The first kappa shape index (κ1) is 23.3. The molecule has 0 radical (unpaired) electrons. The van der Waals surface area contributed by atoms with Crippen molar-refractivity contribution in [3.8, 4) is 39.7 Å². The Hall–Kier alpha value is -6.08. The van der Waals surface area contributed by atoms with Crippen LogP contribution < -0.4 is 9.14 Å². The largest absolute Gasteiger partial charge is 0.470 e. The Morgan fingerprint density at radius 1 is 0.875 bits per heavy atom. The Balaban J connectivity index is 1.16. The van der Waals surface area contributed by atoms with Crippen molar-refractivity contribution in [1.29, 1.82) is 0 Å². The van der Waals surface area contributed by atoms with E-state index in [1.807, 2.05) is 53.8 Å². The standard InChI is InChI=1S/C41H32N4O3/c1-26-19-38(42-23-34(26)27-9-6-5-7-10-27)45-35-16-13-29(41(2,3)4)21-33(35)32-15-14-31(22-36(32)45)48-30-12-8-11-28(20-30)37-24-47-40-39-43(17-18-46-39)25-44(37)40/h5-24H,1-4H3/i5D,6D,7D,9D,10D. The molecule has 7 nitrogen and oxygen atoms in total. The number of benzene rings is 4. The van der Waals surface area contributed by atoms with Crippen LogP contribution in [0, 0.1) is 13.3 Å². The Morgan fingerprint density at radius 2 is 1.73 bits per heavy atom. The molecule has 9 rings (SSSR count). The van der Waals surface area contributed by atoms with E-state index in [1.54, 1.807) is 29.3 Å². The molecule has 0 aliphatic rings. The zero-order valence-corrected chi connectivity index (χ0v) is 26.7. The van der Waals surface area contributed by atoms with Gasteiger partial charge in [0, 0.05) is 28.6 Å². The molecule has 48 heavy (non-hydrogen) atoms. The third-order valence-electron chi connectivity index (χ3n) is 8.79. The first-order valence-corrected chi connectivity index (χ1v) is 15.6. The van der Waals surface area contributed by atoms with Crippen molar-refractivity contribution >= 4 is 33.2 Å². The van der Waals surface area contributed by atoms with Gasteiger partial charge in [0.05, 0.1) is 36.6 Å². The predicted octanol–water partition coefficient (Wildman–Crippen LogP) is 9.89. The summed E-state index contributed by atoms with van der Waals surface area (Å²) in [5, 5.41) is 2.08. The first-order chi connectivity index (χ1) is 25.4. The summed E-state index contributed by atoms with van der Waals surface area (Å²) >= 11 is 0. The van der Waals surface area contributed by atoms with E-state index in [1.165, 1.54) is 5.56 Å². The van der Waals surface area contributed by atoms with Gasteiger partial charge in [0.1, 0.15) is 23.0 Å². The molecule has 0 amide bonds. The van der Waals surface area contributed by atoms with E-state index in [4.69, 9.17) is 25.4 Å². The molecular weight excluding hydrogens is 596 g/mol. The Labute approximate surface area is 283 Å². The van der Waals surface area contributed by atoms with E-state index in [9.17, 15) is 0 Å². The average molecular weight is 634 g/mol. The minimum absolute atomic E-state index is 0.0708. The van der Waals surface area contributed by atoms with Gasteiger partial charge in [-0.2, -0.15) is 0 Å². The molecular formula is C41H32N4O3. The number of nitrogens with zero attached hydrogens (tertiary/aromatic N) is 4. The first-order valence-electron chi connectivity index (χ1n) is 18.1. The third kappa shape index (κ3) is 4.50. The number of hydrogen-bond donors (Lipinski definition) is 0. The number of aromatic nitrogens is 4. The highest BCUT2D eigenvalue weighted by molar-refractivity contribution is 6.09. The lowest BCUT2D eigenvalue weighted by Gasteiger charge is -2.19. The Morgan fingerprint density at radius 3 is 2.56 bits per heavy atom. The van der Waals surface area contributed by atoms with Gasteiger partial charge in [-0.05, 0) is 77.1 Å². The van der Waals surface area contributed by atoms with E-state index < -0.39 is 6.04 Å². The third-order valence-corrected chi connectivity index (χ3v) is 8.79. The second kappa shape index (κ2) is 10.5. The minimum Gasteiger partial charge on any atom is -0.470 e. The number of fused-ring (bicyclic) bond motifs is 6. The van der Waals surface area contributed by atoms with E-state index in [-0.39, 0.29) is 35.1 Å². The van der Waals surface area contributed by atoms with E-state index in [0.717, 1.165) is 38.6 Å². The molecule has 234 valence electrons. The lowest BCUT2D eigenvalue weighted by atomic mass is 9.86. The van der Waals surface area contributed by atoms with E-state index >= 15 is 0 Å². The highest BCUT2D eigenvalue weighted by atomic mass is 16.5. The monoisotopic (exact) mass is 633 g/mol. The van der Waals surface area contributed by atoms with Crippen LogP contribution in [0.5, 0.6) is 11.5 Å². The minimum atomic E-state index is -0.427. The second-order valence-electron chi connectivity index (χ2n) is 12.9. The number of rotatable bonds is 5. The van der Waals surface area contributed by atoms with Crippen molar-refractivity contribution in [3.05, 3.63) is 139 Å². The summed E-state index contributed by atoms with van der Waals surface area (Å²) in [5.74, 6) is 1.88. The molecule has 4 aromatic carbocycles. The number of aryl methyl sites for hydroxylation is 1. The van der Waals surface area contributed by atoms with Crippen LogP contribution in [0.4, 0.5) is 0 Å². The Kier molecular flexibility index (Phi) is 5.08. The number of ether oxygens (including phenoxy) is 1. The molecule has 0 unspecified atom stereocenters. The van der Waals surface area contributed by atoms with Crippen molar-refractivity contribution in [2.75, 3.05) is 0 Å². The summed E-state index contributed by atoms with van der Waals surface area (Å²) < 4.78 is 65.0. The molecule has 7 heteroatoms. The summed E-state index contributed by atoms with van der Waals surface area (Å²) in [6.07, 6.45) is 9.84. The summed E-state index contributed by atoms with van der Waals surface area (Å²) in [5.41, 5.74) is 7.06. The van der Waals surface area contributed by atoms with E-state index in [2.05, 4.69) is 55.9 Å². The fraction of sp³-hybridized carbons (Fsp3) is 0.122. The van der Waals surface area contributed by atoms with Crippen LogP contribution in [0.1, 0.15) is 38.8 Å². The van der Waals surface area contributed by atoms with Crippen LogP contribution in [-0.2, 0) is 5.41 Å². The molecule has 0 bridgehead atoms. The number of pyridine rings is 1. The fourth-order valence-electron chi connectivity index (χ4n) is 6.33. The zero-order chi connectivity index (χ0) is 36.9. The number of oxazole rings is 2. The molecule has 5 aromatic heterocycles. The smallest absolute Gasteiger partial charge is 0.279 e. The van der Waals surface area contributed by atoms with Crippen LogP contribution in [0.2, 0.25) is 0 Å². The van der Waals surface area contributed by atoms with Crippen LogP contribution in [0.3, 0.4) is 0 Å². The van der Waals surface area contributed by atoms with Gasteiger partial charge in [0.25, 0.3) is 17.8 Å². The van der Waals surface area contributed by atoms with Gasteiger partial charge in [-0.15, -0.1) is 0 Å². The van der Waals surface area contributed by atoms with Gasteiger partial charge in [-0.25, -0.2) is 4.98 Å². The molecule has 0 N–H and O–H groups in total. The highest BCUT2D eigenvalue weighted by Gasteiger charge is 2.20. The van der Waals surface area contributed by atoms with Gasteiger partial charge >= 0.3 is 0 Å². The van der Waals surface area contributed by atoms with Crippen molar-refractivity contribution in [3.63, 3.8) is 0 Å². The highest BCUT2D eigenvalue weighted by Crippen LogP contribution is 2.38. The quantitative estimate of drug-likeness (QED) is 0.140. The lowest BCUT2D eigenvalue weighted by Crippen LogP contribution is -2.13. The van der Waals surface area contributed by atoms with Crippen LogP contribution >= 0.6 is 0 Å². The normalized spacial score (nSPS) is 13.6. The molecule has 0 saturated carbocycles. The average Bonchev–Trinajstić information content (AvgIpc) is 3.91. The van der Waals surface area contributed by atoms with Crippen LogP contribution in [0.15, 0.2) is 131 Å². The fourth-order valence-corrected chi connectivity index (χ4v) is 6.33. The summed E-state index contributed by atoms with van der Waals surface area (Å²) in [4.78, 5) is 4.85. The summed E-state index contributed by atoms with van der Waals surface area (Å²) in [6.45, 7) is 8.43. The second-order valence-corrected chi connectivity index (χ2v) is 12.9.